The van der Waals surface area contributed by atoms with Crippen LogP contribution in [0.2, 0.25) is 5.02 Å². The second-order valence-electron chi connectivity index (χ2n) is 9.91. The lowest BCUT2D eigenvalue weighted by atomic mass is 9.89. The van der Waals surface area contributed by atoms with E-state index in [1.165, 1.54) is 11.3 Å². The number of amides is 1. The van der Waals surface area contributed by atoms with Gasteiger partial charge in [-0.1, -0.05) is 48.0 Å². The van der Waals surface area contributed by atoms with E-state index in [9.17, 15) is 10.1 Å². The van der Waals surface area contributed by atoms with E-state index in [0.717, 1.165) is 58.2 Å². The fourth-order valence-corrected chi connectivity index (χ4v) is 6.89. The van der Waals surface area contributed by atoms with Crippen LogP contribution in [0.1, 0.15) is 53.4 Å². The van der Waals surface area contributed by atoms with Crippen molar-refractivity contribution in [3.05, 3.63) is 87.8 Å². The van der Waals surface area contributed by atoms with Crippen LogP contribution in [0.25, 0.3) is 21.2 Å². The molecule has 1 aromatic heterocycles. The van der Waals surface area contributed by atoms with Crippen LogP contribution in [0, 0.1) is 11.3 Å². The Hall–Kier alpha value is -3.37. The number of thiophene rings is 1. The van der Waals surface area contributed by atoms with Gasteiger partial charge in [-0.3, -0.25) is 4.79 Å². The molecule has 3 aromatic carbocycles. The number of hydrogen-bond donors (Lipinski definition) is 1. The van der Waals surface area contributed by atoms with Crippen LogP contribution in [-0.4, -0.2) is 36.5 Å². The van der Waals surface area contributed by atoms with Gasteiger partial charge < -0.3 is 15.0 Å². The summed E-state index contributed by atoms with van der Waals surface area (Å²) in [6, 6.07) is 24.4. The summed E-state index contributed by atoms with van der Waals surface area (Å²) in [4.78, 5) is 16.9. The zero-order valence-electron chi connectivity index (χ0n) is 22.2. The van der Waals surface area contributed by atoms with Gasteiger partial charge in [-0.15, -0.1) is 11.3 Å². The monoisotopic (exact) mass is 557 g/mol. The molecule has 0 bridgehead atoms. The first-order chi connectivity index (χ1) is 19.0. The minimum absolute atomic E-state index is 0.0275. The molecule has 39 heavy (non-hydrogen) atoms. The molecule has 0 atom stereocenters. The Morgan fingerprint density at radius 3 is 2.46 bits per heavy atom. The Morgan fingerprint density at radius 2 is 1.79 bits per heavy atom. The number of rotatable bonds is 8. The Kier molecular flexibility index (Phi) is 8.52. The maximum atomic E-state index is 14.2. The van der Waals surface area contributed by atoms with Crippen LogP contribution in [0.3, 0.4) is 0 Å². The zero-order valence-corrected chi connectivity index (χ0v) is 23.8. The minimum Gasteiger partial charge on any atom is -0.494 e. The molecule has 1 N–H and O–H groups in total. The van der Waals surface area contributed by atoms with Gasteiger partial charge >= 0.3 is 0 Å². The summed E-state index contributed by atoms with van der Waals surface area (Å²) in [5, 5.41) is 14.0. The van der Waals surface area contributed by atoms with E-state index in [1.54, 1.807) is 0 Å². The number of ether oxygens (including phenoxy) is 1. The normalized spacial score (nSPS) is 17.1. The molecule has 0 aliphatic heterocycles. The molecule has 0 radical (unpaired) electrons. The van der Waals surface area contributed by atoms with Crippen molar-refractivity contribution in [2.24, 2.45) is 0 Å². The number of hydrogen-bond acceptors (Lipinski definition) is 5. The van der Waals surface area contributed by atoms with Crippen molar-refractivity contribution in [2.75, 3.05) is 13.7 Å². The highest BCUT2D eigenvalue weighted by molar-refractivity contribution is 7.21. The van der Waals surface area contributed by atoms with Crippen LogP contribution in [0.4, 0.5) is 0 Å². The molecule has 1 amide bonds. The van der Waals surface area contributed by atoms with E-state index in [-0.39, 0.29) is 11.9 Å². The van der Waals surface area contributed by atoms with Gasteiger partial charge in [-0.05, 0) is 81.1 Å². The zero-order chi connectivity index (χ0) is 27.4. The Balaban J connectivity index is 1.53. The van der Waals surface area contributed by atoms with Crippen LogP contribution in [-0.2, 0) is 6.54 Å². The largest absolute Gasteiger partial charge is 0.494 e. The summed E-state index contributed by atoms with van der Waals surface area (Å²) in [7, 11) is 2.01. The maximum Gasteiger partial charge on any atom is 0.266 e. The summed E-state index contributed by atoms with van der Waals surface area (Å²) < 4.78 is 7.05. The molecule has 5 nitrogen and oxygen atoms in total. The number of nitriles is 1. The van der Waals surface area contributed by atoms with Crippen molar-refractivity contribution in [1.29, 1.82) is 5.26 Å². The molecular weight excluding hydrogens is 526 g/mol. The third kappa shape index (κ3) is 5.81. The average molecular weight is 558 g/mol. The number of fused-ring (bicyclic) bond motifs is 1. The van der Waals surface area contributed by atoms with E-state index in [1.807, 2.05) is 79.5 Å². The Morgan fingerprint density at radius 1 is 1.08 bits per heavy atom. The quantitative estimate of drug-likeness (QED) is 0.241. The Bertz CT molecular complexity index is 1500. The predicted octanol–water partition coefficient (Wildman–Crippen LogP) is 7.67. The highest BCUT2D eigenvalue weighted by Gasteiger charge is 2.32. The molecule has 0 unspecified atom stereocenters. The fourth-order valence-electron chi connectivity index (χ4n) is 5.42. The smallest absolute Gasteiger partial charge is 0.266 e. The molecular formula is C32H32ClN3O2S. The molecule has 1 aliphatic rings. The molecule has 1 fully saturated rings. The summed E-state index contributed by atoms with van der Waals surface area (Å²) in [6.45, 7) is 2.93. The summed E-state index contributed by atoms with van der Waals surface area (Å²) in [6.07, 6.45) is 3.90. The predicted molar refractivity (Wildman–Crippen MR) is 160 cm³/mol. The van der Waals surface area contributed by atoms with E-state index >= 15 is 0 Å². The third-order valence-electron chi connectivity index (χ3n) is 7.58. The molecule has 200 valence electrons. The van der Waals surface area contributed by atoms with Gasteiger partial charge in [0.05, 0.1) is 23.3 Å². The molecule has 1 aliphatic carbocycles. The first kappa shape index (κ1) is 27.2. The van der Waals surface area contributed by atoms with Crippen LogP contribution in [0.5, 0.6) is 5.75 Å². The molecule has 0 saturated heterocycles. The first-order valence-corrected chi connectivity index (χ1v) is 14.6. The van der Waals surface area contributed by atoms with Crippen LogP contribution >= 0.6 is 22.9 Å². The van der Waals surface area contributed by atoms with Crippen molar-refractivity contribution in [2.45, 2.75) is 51.2 Å². The summed E-state index contributed by atoms with van der Waals surface area (Å²) in [5.74, 6) is 0.749. The van der Waals surface area contributed by atoms with E-state index in [2.05, 4.69) is 17.5 Å². The number of carbonyl (C=O) groups excluding carboxylic acids is 1. The molecule has 5 rings (SSSR count). The van der Waals surface area contributed by atoms with E-state index < -0.39 is 0 Å². The van der Waals surface area contributed by atoms with Gasteiger partial charge in [0.25, 0.3) is 5.91 Å². The average Bonchev–Trinajstić information content (AvgIpc) is 3.33. The number of carbonyl (C=O) groups is 1. The molecule has 1 heterocycles. The lowest BCUT2D eigenvalue weighted by Gasteiger charge is -2.37. The first-order valence-electron chi connectivity index (χ1n) is 13.4. The van der Waals surface area contributed by atoms with Crippen molar-refractivity contribution < 1.29 is 9.53 Å². The van der Waals surface area contributed by atoms with Crippen LogP contribution < -0.4 is 10.1 Å². The minimum atomic E-state index is -0.0275. The number of nitrogens with one attached hydrogen (secondary N) is 1. The number of nitrogens with zero attached hydrogens (tertiary/aromatic N) is 2. The lowest BCUT2D eigenvalue weighted by Crippen LogP contribution is -2.44. The Labute approximate surface area is 239 Å². The van der Waals surface area contributed by atoms with Gasteiger partial charge in [-0.25, -0.2) is 0 Å². The van der Waals surface area contributed by atoms with Gasteiger partial charge in [0.15, 0.2) is 0 Å². The summed E-state index contributed by atoms with van der Waals surface area (Å²) in [5.41, 5.74) is 3.61. The van der Waals surface area contributed by atoms with Gasteiger partial charge in [0, 0.05) is 34.3 Å². The van der Waals surface area contributed by atoms with Crippen molar-refractivity contribution in [3.8, 4) is 22.9 Å². The van der Waals surface area contributed by atoms with E-state index in [4.69, 9.17) is 16.3 Å². The topological polar surface area (TPSA) is 65.4 Å². The van der Waals surface area contributed by atoms with Crippen LogP contribution in [0.15, 0.2) is 66.7 Å². The highest BCUT2D eigenvalue weighted by atomic mass is 35.5. The molecule has 0 spiro atoms. The molecule has 4 aromatic rings. The third-order valence-corrected chi connectivity index (χ3v) is 9.25. The van der Waals surface area contributed by atoms with Gasteiger partial charge in [0.2, 0.25) is 0 Å². The van der Waals surface area contributed by atoms with E-state index in [0.29, 0.717) is 34.7 Å². The number of halogens is 1. The lowest BCUT2D eigenvalue weighted by molar-refractivity contribution is 0.0604. The second kappa shape index (κ2) is 12.2. The van der Waals surface area contributed by atoms with Crippen molar-refractivity contribution in [1.82, 2.24) is 10.2 Å². The maximum absolute atomic E-state index is 14.2. The van der Waals surface area contributed by atoms with Crippen molar-refractivity contribution in [3.63, 3.8) is 0 Å². The standard InChI is InChI=1S/C32H32ClN3O2S/c1-3-38-28-17-12-23(22-10-8-21(19-34)9-11-22)18-24(28)20-36(26-15-13-25(35-2)14-16-26)32(37)31-30(33)27-6-4-5-7-29(27)39-31/h4-12,17-18,25-26,35H,3,13-16,20H2,1-2H3/t25-,26+. The fraction of sp³-hybridized carbons (Fsp3) is 0.312. The van der Waals surface area contributed by atoms with Crippen molar-refractivity contribution >= 4 is 38.9 Å². The summed E-state index contributed by atoms with van der Waals surface area (Å²) >= 11 is 8.26. The number of benzene rings is 3. The molecule has 1 saturated carbocycles. The second-order valence-corrected chi connectivity index (χ2v) is 11.3. The van der Waals surface area contributed by atoms with Gasteiger partial charge in [-0.2, -0.15) is 5.26 Å². The SMILES string of the molecule is CCOc1ccc(-c2ccc(C#N)cc2)cc1CN(C(=O)c1sc2ccccc2c1Cl)[C@H]1CC[C@@H](NC)CC1. The molecule has 7 heteroatoms. The van der Waals surface area contributed by atoms with Gasteiger partial charge in [0.1, 0.15) is 10.6 Å². The highest BCUT2D eigenvalue weighted by Crippen LogP contribution is 2.38.